The normalized spacial score (nSPS) is 16.0. The Bertz CT molecular complexity index is 498. The minimum atomic E-state index is -0.667. The first-order valence-corrected chi connectivity index (χ1v) is 8.53. The lowest BCUT2D eigenvalue weighted by Crippen LogP contribution is -2.38. The second kappa shape index (κ2) is 7.28. The molecule has 1 aliphatic rings. The molecule has 22 heavy (non-hydrogen) atoms. The van der Waals surface area contributed by atoms with E-state index in [4.69, 9.17) is 0 Å². The van der Waals surface area contributed by atoms with Gasteiger partial charge < -0.3 is 10.0 Å². The van der Waals surface area contributed by atoms with Gasteiger partial charge in [-0.3, -0.25) is 4.79 Å². The zero-order valence-corrected chi connectivity index (χ0v) is 14.1. The number of carbonyl (C=O) groups excluding carboxylic acids is 1. The molecule has 1 aliphatic carbocycles. The molecule has 1 saturated carbocycles. The maximum Gasteiger partial charge on any atom is 0.254 e. The SMILES string of the molecule is CCN(C(=O)c1cccc(CCC(C)(C)O)c1)C1CCCC1. The van der Waals surface area contributed by atoms with Gasteiger partial charge in [-0.15, -0.1) is 0 Å². The van der Waals surface area contributed by atoms with Gasteiger partial charge in [-0.2, -0.15) is 0 Å². The minimum Gasteiger partial charge on any atom is -0.390 e. The van der Waals surface area contributed by atoms with Gasteiger partial charge in [0.15, 0.2) is 0 Å². The fourth-order valence-corrected chi connectivity index (χ4v) is 3.26. The highest BCUT2D eigenvalue weighted by atomic mass is 16.3. The summed E-state index contributed by atoms with van der Waals surface area (Å²) < 4.78 is 0. The van der Waals surface area contributed by atoms with Crippen LogP contribution in [0.25, 0.3) is 0 Å². The summed E-state index contributed by atoms with van der Waals surface area (Å²) in [5.74, 6) is 0.152. The highest BCUT2D eigenvalue weighted by molar-refractivity contribution is 5.94. The van der Waals surface area contributed by atoms with Crippen molar-refractivity contribution in [2.45, 2.75) is 70.9 Å². The number of hydrogen-bond donors (Lipinski definition) is 1. The predicted octanol–water partition coefficient (Wildman–Crippen LogP) is 3.79. The van der Waals surface area contributed by atoms with Crippen LogP contribution in [0.15, 0.2) is 24.3 Å². The second-order valence-electron chi connectivity index (χ2n) is 7.04. The molecule has 0 aliphatic heterocycles. The van der Waals surface area contributed by atoms with E-state index in [-0.39, 0.29) is 5.91 Å². The van der Waals surface area contributed by atoms with Gasteiger partial charge in [0, 0.05) is 18.2 Å². The van der Waals surface area contributed by atoms with Gasteiger partial charge in [-0.05, 0) is 64.2 Å². The first-order chi connectivity index (χ1) is 10.4. The largest absolute Gasteiger partial charge is 0.390 e. The van der Waals surface area contributed by atoms with Crippen molar-refractivity contribution >= 4 is 5.91 Å². The fourth-order valence-electron chi connectivity index (χ4n) is 3.26. The van der Waals surface area contributed by atoms with Crippen LogP contribution in [0.3, 0.4) is 0 Å². The number of amides is 1. The van der Waals surface area contributed by atoms with Crippen LogP contribution in [0.4, 0.5) is 0 Å². The Labute approximate surface area is 134 Å². The molecule has 0 atom stereocenters. The summed E-state index contributed by atoms with van der Waals surface area (Å²) in [4.78, 5) is 14.8. The van der Waals surface area contributed by atoms with Crippen LogP contribution < -0.4 is 0 Å². The lowest BCUT2D eigenvalue weighted by molar-refractivity contribution is 0.0693. The van der Waals surface area contributed by atoms with Crippen molar-refractivity contribution in [3.8, 4) is 0 Å². The zero-order chi connectivity index (χ0) is 16.2. The van der Waals surface area contributed by atoms with Gasteiger partial charge in [0.25, 0.3) is 5.91 Å². The Morgan fingerprint density at radius 1 is 1.32 bits per heavy atom. The summed E-state index contributed by atoms with van der Waals surface area (Å²) in [6.07, 6.45) is 6.24. The smallest absolute Gasteiger partial charge is 0.254 e. The van der Waals surface area contributed by atoms with E-state index in [0.717, 1.165) is 36.9 Å². The molecule has 0 radical (unpaired) electrons. The van der Waals surface area contributed by atoms with Crippen LogP contribution in [0.5, 0.6) is 0 Å². The molecule has 0 bridgehead atoms. The minimum absolute atomic E-state index is 0.152. The molecule has 1 fully saturated rings. The van der Waals surface area contributed by atoms with Crippen molar-refractivity contribution in [1.29, 1.82) is 0 Å². The number of benzene rings is 1. The lowest BCUT2D eigenvalue weighted by atomic mass is 9.97. The van der Waals surface area contributed by atoms with Crippen LogP contribution >= 0.6 is 0 Å². The van der Waals surface area contributed by atoms with E-state index in [9.17, 15) is 9.90 Å². The topological polar surface area (TPSA) is 40.5 Å². The molecule has 0 heterocycles. The summed E-state index contributed by atoms with van der Waals surface area (Å²) in [5.41, 5.74) is 1.23. The van der Waals surface area contributed by atoms with Gasteiger partial charge in [0.2, 0.25) is 0 Å². The van der Waals surface area contributed by atoms with Gasteiger partial charge >= 0.3 is 0 Å². The molecular formula is C19H29NO2. The molecular weight excluding hydrogens is 274 g/mol. The Hall–Kier alpha value is -1.35. The fraction of sp³-hybridized carbons (Fsp3) is 0.632. The van der Waals surface area contributed by atoms with E-state index in [1.165, 1.54) is 12.8 Å². The van der Waals surface area contributed by atoms with Crippen LogP contribution in [0.1, 0.15) is 68.8 Å². The van der Waals surface area contributed by atoms with E-state index < -0.39 is 5.60 Å². The van der Waals surface area contributed by atoms with E-state index in [0.29, 0.717) is 12.5 Å². The van der Waals surface area contributed by atoms with Crippen molar-refractivity contribution in [1.82, 2.24) is 4.90 Å². The highest BCUT2D eigenvalue weighted by Gasteiger charge is 2.26. The molecule has 0 unspecified atom stereocenters. The maximum absolute atomic E-state index is 12.8. The maximum atomic E-state index is 12.8. The van der Waals surface area contributed by atoms with Crippen molar-refractivity contribution < 1.29 is 9.90 Å². The zero-order valence-electron chi connectivity index (χ0n) is 14.1. The molecule has 122 valence electrons. The molecule has 3 nitrogen and oxygen atoms in total. The van der Waals surface area contributed by atoms with Gasteiger partial charge in [0.05, 0.1) is 5.60 Å². The van der Waals surface area contributed by atoms with Crippen LogP contribution in [0.2, 0.25) is 0 Å². The average molecular weight is 303 g/mol. The summed E-state index contributed by atoms with van der Waals surface area (Å²) in [6.45, 7) is 6.48. The highest BCUT2D eigenvalue weighted by Crippen LogP contribution is 2.25. The molecule has 3 heteroatoms. The molecule has 0 aromatic heterocycles. The Kier molecular flexibility index (Phi) is 5.63. The van der Waals surface area contributed by atoms with Crippen LogP contribution in [-0.2, 0) is 6.42 Å². The van der Waals surface area contributed by atoms with Gasteiger partial charge in [0.1, 0.15) is 0 Å². The number of carbonyl (C=O) groups is 1. The van der Waals surface area contributed by atoms with E-state index in [1.807, 2.05) is 43.0 Å². The average Bonchev–Trinajstić information content (AvgIpc) is 2.99. The van der Waals surface area contributed by atoms with Crippen molar-refractivity contribution in [3.63, 3.8) is 0 Å². The third-order valence-corrected chi connectivity index (χ3v) is 4.57. The van der Waals surface area contributed by atoms with E-state index in [2.05, 4.69) is 6.92 Å². The number of aliphatic hydroxyl groups is 1. The van der Waals surface area contributed by atoms with Crippen molar-refractivity contribution in [3.05, 3.63) is 35.4 Å². The van der Waals surface area contributed by atoms with Gasteiger partial charge in [-0.1, -0.05) is 25.0 Å². The Morgan fingerprint density at radius 2 is 2.00 bits per heavy atom. The third kappa shape index (κ3) is 4.57. The summed E-state index contributed by atoms with van der Waals surface area (Å²) in [5, 5.41) is 9.85. The monoisotopic (exact) mass is 303 g/mol. The first-order valence-electron chi connectivity index (χ1n) is 8.53. The number of aryl methyl sites for hydroxylation is 1. The van der Waals surface area contributed by atoms with Gasteiger partial charge in [-0.25, -0.2) is 0 Å². The quantitative estimate of drug-likeness (QED) is 0.868. The van der Waals surface area contributed by atoms with Crippen molar-refractivity contribution in [2.75, 3.05) is 6.54 Å². The molecule has 0 spiro atoms. The predicted molar refractivity (Wildman–Crippen MR) is 90.0 cm³/mol. The molecule has 2 rings (SSSR count). The van der Waals surface area contributed by atoms with Crippen LogP contribution in [0, 0.1) is 0 Å². The summed E-state index contributed by atoms with van der Waals surface area (Å²) >= 11 is 0. The lowest BCUT2D eigenvalue weighted by Gasteiger charge is -2.28. The number of rotatable bonds is 6. The van der Waals surface area contributed by atoms with E-state index >= 15 is 0 Å². The second-order valence-corrected chi connectivity index (χ2v) is 7.04. The van der Waals surface area contributed by atoms with Crippen LogP contribution in [-0.4, -0.2) is 34.1 Å². The standard InChI is InChI=1S/C19H29NO2/c1-4-20(17-10-5-6-11-17)18(21)16-9-7-8-15(14-16)12-13-19(2,3)22/h7-9,14,17,22H,4-6,10-13H2,1-3H3. The summed E-state index contributed by atoms with van der Waals surface area (Å²) in [6, 6.07) is 8.31. The molecule has 1 N–H and O–H groups in total. The molecule has 1 amide bonds. The Balaban J connectivity index is 2.08. The molecule has 1 aromatic rings. The first kappa shape index (κ1) is 17.0. The third-order valence-electron chi connectivity index (χ3n) is 4.57. The van der Waals surface area contributed by atoms with E-state index in [1.54, 1.807) is 0 Å². The number of nitrogens with zero attached hydrogens (tertiary/aromatic N) is 1. The van der Waals surface area contributed by atoms with Crippen molar-refractivity contribution in [2.24, 2.45) is 0 Å². The molecule has 1 aromatic carbocycles. The Morgan fingerprint density at radius 3 is 2.59 bits per heavy atom. The summed E-state index contributed by atoms with van der Waals surface area (Å²) in [7, 11) is 0. The molecule has 0 saturated heterocycles. The number of hydrogen-bond acceptors (Lipinski definition) is 2.